The van der Waals surface area contributed by atoms with Crippen molar-refractivity contribution in [1.82, 2.24) is 9.55 Å². The number of aryl methyl sites for hydroxylation is 1. The van der Waals surface area contributed by atoms with E-state index in [1.54, 1.807) is 6.08 Å². The van der Waals surface area contributed by atoms with Crippen molar-refractivity contribution in [1.29, 1.82) is 0 Å². The minimum absolute atomic E-state index is 0.940. The molecule has 0 radical (unpaired) electrons. The van der Waals surface area contributed by atoms with Crippen molar-refractivity contribution in [3.8, 4) is 0 Å². The standard InChI is InChI=1S/C11H14N2/c1-5-7-8-10-11(6-2)13(4)9(3)12-10/h5-8H,1-2H2,3-4H3/b8-7-. The average Bonchev–Trinajstić information content (AvgIpc) is 2.39. The predicted molar refractivity (Wildman–Crippen MR) is 57.3 cm³/mol. The first kappa shape index (κ1) is 9.52. The summed E-state index contributed by atoms with van der Waals surface area (Å²) in [7, 11) is 1.98. The van der Waals surface area contributed by atoms with Crippen molar-refractivity contribution in [2.24, 2.45) is 7.05 Å². The molecule has 0 aromatic carbocycles. The largest absolute Gasteiger partial charge is 0.331 e. The van der Waals surface area contributed by atoms with Gasteiger partial charge in [-0.25, -0.2) is 4.98 Å². The van der Waals surface area contributed by atoms with Crippen molar-refractivity contribution in [3.05, 3.63) is 42.5 Å². The van der Waals surface area contributed by atoms with Crippen molar-refractivity contribution >= 4 is 12.2 Å². The van der Waals surface area contributed by atoms with Crippen LogP contribution in [0.3, 0.4) is 0 Å². The van der Waals surface area contributed by atoms with Crippen LogP contribution in [0, 0.1) is 6.92 Å². The van der Waals surface area contributed by atoms with Gasteiger partial charge < -0.3 is 4.57 Å². The molecule has 0 saturated heterocycles. The van der Waals surface area contributed by atoms with Crippen LogP contribution in [-0.4, -0.2) is 9.55 Å². The van der Waals surface area contributed by atoms with Gasteiger partial charge >= 0.3 is 0 Å². The van der Waals surface area contributed by atoms with Gasteiger partial charge in [0.15, 0.2) is 0 Å². The van der Waals surface area contributed by atoms with Crippen LogP contribution in [-0.2, 0) is 7.05 Å². The Morgan fingerprint density at radius 3 is 2.62 bits per heavy atom. The van der Waals surface area contributed by atoms with Crippen molar-refractivity contribution in [2.75, 3.05) is 0 Å². The molecule has 1 heterocycles. The van der Waals surface area contributed by atoms with E-state index < -0.39 is 0 Å². The number of rotatable bonds is 3. The maximum atomic E-state index is 4.38. The molecular weight excluding hydrogens is 160 g/mol. The maximum absolute atomic E-state index is 4.38. The van der Waals surface area contributed by atoms with Crippen LogP contribution in [0.5, 0.6) is 0 Å². The molecule has 0 saturated carbocycles. The summed E-state index contributed by atoms with van der Waals surface area (Å²) >= 11 is 0. The highest BCUT2D eigenvalue weighted by Crippen LogP contribution is 2.12. The Hall–Kier alpha value is -1.57. The lowest BCUT2D eigenvalue weighted by atomic mass is 10.3. The van der Waals surface area contributed by atoms with E-state index in [4.69, 9.17) is 0 Å². The van der Waals surface area contributed by atoms with Crippen LogP contribution >= 0.6 is 0 Å². The van der Waals surface area contributed by atoms with E-state index in [-0.39, 0.29) is 0 Å². The number of nitrogens with zero attached hydrogens (tertiary/aromatic N) is 2. The highest BCUT2D eigenvalue weighted by Gasteiger charge is 2.05. The summed E-state index contributed by atoms with van der Waals surface area (Å²) in [4.78, 5) is 4.38. The van der Waals surface area contributed by atoms with Crippen molar-refractivity contribution < 1.29 is 0 Å². The number of allylic oxidation sites excluding steroid dienone is 2. The summed E-state index contributed by atoms with van der Waals surface area (Å²) in [5, 5.41) is 0. The average molecular weight is 174 g/mol. The zero-order valence-corrected chi connectivity index (χ0v) is 8.12. The van der Waals surface area contributed by atoms with Gasteiger partial charge in [-0.2, -0.15) is 0 Å². The van der Waals surface area contributed by atoms with Gasteiger partial charge in [0.25, 0.3) is 0 Å². The predicted octanol–water partition coefficient (Wildman–Crippen LogP) is 2.57. The zero-order chi connectivity index (χ0) is 9.84. The van der Waals surface area contributed by atoms with Gasteiger partial charge in [0.1, 0.15) is 5.82 Å². The van der Waals surface area contributed by atoms with Crippen LogP contribution in [0.2, 0.25) is 0 Å². The Morgan fingerprint density at radius 2 is 2.08 bits per heavy atom. The lowest BCUT2D eigenvalue weighted by molar-refractivity contribution is 0.849. The Balaban J connectivity index is 3.20. The molecule has 0 bridgehead atoms. The van der Waals surface area contributed by atoms with Crippen LogP contribution in [0.25, 0.3) is 12.2 Å². The van der Waals surface area contributed by atoms with Crippen LogP contribution in [0.1, 0.15) is 17.2 Å². The fourth-order valence-corrected chi connectivity index (χ4v) is 1.18. The molecule has 0 aliphatic heterocycles. The molecule has 0 spiro atoms. The normalized spacial score (nSPS) is 10.6. The summed E-state index contributed by atoms with van der Waals surface area (Å²) < 4.78 is 2.01. The molecular formula is C11H14N2. The van der Waals surface area contributed by atoms with E-state index in [2.05, 4.69) is 18.1 Å². The molecule has 0 unspecified atom stereocenters. The van der Waals surface area contributed by atoms with Gasteiger partial charge in [0.05, 0.1) is 11.4 Å². The molecule has 0 N–H and O–H groups in total. The van der Waals surface area contributed by atoms with Gasteiger partial charge in [-0.15, -0.1) is 0 Å². The second kappa shape index (κ2) is 3.90. The third kappa shape index (κ3) is 1.78. The molecule has 1 aromatic rings. The molecule has 68 valence electrons. The minimum Gasteiger partial charge on any atom is -0.331 e. The van der Waals surface area contributed by atoms with Gasteiger partial charge in [0, 0.05) is 7.05 Å². The lowest BCUT2D eigenvalue weighted by Gasteiger charge is -1.96. The molecule has 2 nitrogen and oxygen atoms in total. The molecule has 13 heavy (non-hydrogen) atoms. The molecule has 0 amide bonds. The van der Waals surface area contributed by atoms with Crippen LogP contribution in [0.15, 0.2) is 25.3 Å². The SMILES string of the molecule is C=C/C=C\c1nc(C)n(C)c1C=C. The van der Waals surface area contributed by atoms with E-state index >= 15 is 0 Å². The smallest absolute Gasteiger partial charge is 0.106 e. The Labute approximate surface area is 78.9 Å². The molecule has 0 aliphatic carbocycles. The van der Waals surface area contributed by atoms with Gasteiger partial charge in [0.2, 0.25) is 0 Å². The molecule has 2 heteroatoms. The molecule has 0 aliphatic rings. The first-order valence-electron chi connectivity index (χ1n) is 4.15. The van der Waals surface area contributed by atoms with E-state index in [1.807, 2.05) is 36.8 Å². The van der Waals surface area contributed by atoms with Crippen LogP contribution in [0.4, 0.5) is 0 Å². The van der Waals surface area contributed by atoms with Gasteiger partial charge in [-0.3, -0.25) is 0 Å². The maximum Gasteiger partial charge on any atom is 0.106 e. The first-order chi connectivity index (χ1) is 6.20. The van der Waals surface area contributed by atoms with E-state index in [0.29, 0.717) is 0 Å². The number of imidazole rings is 1. The van der Waals surface area contributed by atoms with Crippen molar-refractivity contribution in [2.45, 2.75) is 6.92 Å². The summed E-state index contributed by atoms with van der Waals surface area (Å²) in [6, 6.07) is 0. The molecule has 0 fully saturated rings. The Kier molecular flexibility index (Phi) is 2.85. The van der Waals surface area contributed by atoms with Crippen LogP contribution < -0.4 is 0 Å². The van der Waals surface area contributed by atoms with Gasteiger partial charge in [-0.05, 0) is 19.1 Å². The summed E-state index contributed by atoms with van der Waals surface area (Å²) in [6.07, 6.45) is 7.34. The third-order valence-electron chi connectivity index (χ3n) is 1.97. The highest BCUT2D eigenvalue weighted by atomic mass is 15.1. The van der Waals surface area contributed by atoms with Crippen molar-refractivity contribution in [3.63, 3.8) is 0 Å². The van der Waals surface area contributed by atoms with E-state index in [9.17, 15) is 0 Å². The number of hydrogen-bond donors (Lipinski definition) is 0. The first-order valence-corrected chi connectivity index (χ1v) is 4.15. The number of hydrogen-bond acceptors (Lipinski definition) is 1. The zero-order valence-electron chi connectivity index (χ0n) is 8.12. The Morgan fingerprint density at radius 1 is 1.38 bits per heavy atom. The summed E-state index contributed by atoms with van der Waals surface area (Å²) in [5.41, 5.74) is 1.98. The minimum atomic E-state index is 0.940. The highest BCUT2D eigenvalue weighted by molar-refractivity contribution is 5.60. The molecule has 0 atom stereocenters. The second-order valence-corrected chi connectivity index (χ2v) is 2.79. The molecule has 1 aromatic heterocycles. The Bertz CT molecular complexity index is 356. The second-order valence-electron chi connectivity index (χ2n) is 2.79. The fourth-order valence-electron chi connectivity index (χ4n) is 1.18. The quantitative estimate of drug-likeness (QED) is 0.644. The summed E-state index contributed by atoms with van der Waals surface area (Å²) in [6.45, 7) is 9.34. The molecule has 1 rings (SSSR count). The third-order valence-corrected chi connectivity index (χ3v) is 1.97. The van der Waals surface area contributed by atoms with E-state index in [1.165, 1.54) is 0 Å². The summed E-state index contributed by atoms with van der Waals surface area (Å²) in [5.74, 6) is 0.985. The fraction of sp³-hybridized carbons (Fsp3) is 0.182. The topological polar surface area (TPSA) is 17.8 Å². The number of aromatic nitrogens is 2. The van der Waals surface area contributed by atoms with E-state index in [0.717, 1.165) is 17.2 Å². The monoisotopic (exact) mass is 174 g/mol. The van der Waals surface area contributed by atoms with Gasteiger partial charge in [-0.1, -0.05) is 25.3 Å². The lowest BCUT2D eigenvalue weighted by Crippen LogP contribution is -1.93.